The van der Waals surface area contributed by atoms with Crippen molar-refractivity contribution in [2.24, 2.45) is 0 Å². The number of thioether (sulfide) groups is 1. The summed E-state index contributed by atoms with van der Waals surface area (Å²) in [7, 11) is 1.62. The molecular formula is C18H16Cl3N3OS. The molecule has 0 saturated heterocycles. The second kappa shape index (κ2) is 8.53. The molecule has 0 N–H and O–H groups in total. The maximum Gasteiger partial charge on any atom is 0.191 e. The summed E-state index contributed by atoms with van der Waals surface area (Å²) in [6, 6.07) is 10.9. The van der Waals surface area contributed by atoms with Gasteiger partial charge < -0.3 is 9.30 Å². The molecule has 0 radical (unpaired) electrons. The van der Waals surface area contributed by atoms with E-state index in [2.05, 4.69) is 10.2 Å². The minimum absolute atomic E-state index is 0.601. The van der Waals surface area contributed by atoms with Crippen LogP contribution in [0.1, 0.15) is 12.5 Å². The lowest BCUT2D eigenvalue weighted by atomic mass is 10.2. The molecule has 0 aliphatic heterocycles. The van der Waals surface area contributed by atoms with Crippen LogP contribution in [0.4, 0.5) is 0 Å². The Labute approximate surface area is 171 Å². The van der Waals surface area contributed by atoms with E-state index in [4.69, 9.17) is 39.5 Å². The van der Waals surface area contributed by atoms with Gasteiger partial charge in [0.05, 0.1) is 12.7 Å². The van der Waals surface area contributed by atoms with Gasteiger partial charge in [-0.3, -0.25) is 0 Å². The molecule has 136 valence electrons. The number of halogens is 3. The standard InChI is InChI=1S/C18H16Cl3N3OS/c1-3-24-17(12-9-11(19)7-8-16(12)25-2)22-23-18(24)26-10-13-14(20)5-4-6-15(13)21/h4-9H,3,10H2,1-2H3. The van der Waals surface area contributed by atoms with E-state index in [0.717, 1.165) is 16.3 Å². The molecule has 26 heavy (non-hydrogen) atoms. The molecule has 2 aromatic carbocycles. The van der Waals surface area contributed by atoms with Crippen LogP contribution in [0.3, 0.4) is 0 Å². The van der Waals surface area contributed by atoms with Gasteiger partial charge in [-0.05, 0) is 42.8 Å². The van der Waals surface area contributed by atoms with Crippen molar-refractivity contribution in [3.8, 4) is 17.1 Å². The highest BCUT2D eigenvalue weighted by atomic mass is 35.5. The van der Waals surface area contributed by atoms with E-state index < -0.39 is 0 Å². The molecule has 1 aromatic heterocycles. The van der Waals surface area contributed by atoms with E-state index in [1.807, 2.05) is 41.8 Å². The molecule has 0 aliphatic carbocycles. The summed E-state index contributed by atoms with van der Waals surface area (Å²) in [5.74, 6) is 2.00. The summed E-state index contributed by atoms with van der Waals surface area (Å²) < 4.78 is 7.46. The average Bonchev–Trinajstić information content (AvgIpc) is 3.04. The van der Waals surface area contributed by atoms with Crippen molar-refractivity contribution in [3.05, 3.63) is 57.0 Å². The third-order valence-corrected chi connectivity index (χ3v) is 5.78. The van der Waals surface area contributed by atoms with E-state index in [-0.39, 0.29) is 0 Å². The zero-order valence-corrected chi connectivity index (χ0v) is 17.3. The number of benzene rings is 2. The van der Waals surface area contributed by atoms with Crippen molar-refractivity contribution in [1.82, 2.24) is 14.8 Å². The summed E-state index contributed by atoms with van der Waals surface area (Å²) in [6.07, 6.45) is 0. The fourth-order valence-electron chi connectivity index (χ4n) is 2.54. The summed E-state index contributed by atoms with van der Waals surface area (Å²) in [6.45, 7) is 2.74. The Kier molecular flexibility index (Phi) is 6.35. The lowest BCUT2D eigenvalue weighted by Gasteiger charge is -2.11. The topological polar surface area (TPSA) is 39.9 Å². The van der Waals surface area contributed by atoms with Crippen LogP contribution in [0.5, 0.6) is 5.75 Å². The highest BCUT2D eigenvalue weighted by Crippen LogP contribution is 2.35. The molecule has 0 unspecified atom stereocenters. The van der Waals surface area contributed by atoms with Gasteiger partial charge in [-0.25, -0.2) is 0 Å². The van der Waals surface area contributed by atoms with Crippen LogP contribution >= 0.6 is 46.6 Å². The van der Waals surface area contributed by atoms with Gasteiger partial charge in [0.1, 0.15) is 5.75 Å². The lowest BCUT2D eigenvalue weighted by Crippen LogP contribution is -2.01. The SMILES string of the molecule is CCn1c(SCc2c(Cl)cccc2Cl)nnc1-c1cc(Cl)ccc1OC. The molecule has 0 saturated carbocycles. The number of nitrogens with zero attached hydrogens (tertiary/aromatic N) is 3. The van der Waals surface area contributed by atoms with Crippen molar-refractivity contribution >= 4 is 46.6 Å². The molecular weight excluding hydrogens is 413 g/mol. The van der Waals surface area contributed by atoms with Crippen LogP contribution in [0, 0.1) is 0 Å². The van der Waals surface area contributed by atoms with Crippen LogP contribution in [0.15, 0.2) is 41.6 Å². The molecule has 3 rings (SSSR count). The highest BCUT2D eigenvalue weighted by Gasteiger charge is 2.18. The Hall–Kier alpha value is -1.40. The second-order valence-electron chi connectivity index (χ2n) is 5.38. The van der Waals surface area contributed by atoms with E-state index in [9.17, 15) is 0 Å². The molecule has 3 aromatic rings. The third kappa shape index (κ3) is 3.96. The number of ether oxygens (including phenoxy) is 1. The maximum atomic E-state index is 6.26. The minimum Gasteiger partial charge on any atom is -0.496 e. The fourth-order valence-corrected chi connectivity index (χ4v) is 4.46. The van der Waals surface area contributed by atoms with Crippen LogP contribution in [-0.4, -0.2) is 21.9 Å². The lowest BCUT2D eigenvalue weighted by molar-refractivity contribution is 0.416. The van der Waals surface area contributed by atoms with Gasteiger partial charge in [-0.2, -0.15) is 0 Å². The summed E-state index contributed by atoms with van der Waals surface area (Å²) in [4.78, 5) is 0. The van der Waals surface area contributed by atoms with Gasteiger partial charge in [-0.15, -0.1) is 10.2 Å². The minimum atomic E-state index is 0.601. The van der Waals surface area contributed by atoms with Crippen LogP contribution in [0.25, 0.3) is 11.4 Å². The van der Waals surface area contributed by atoms with Crippen molar-refractivity contribution in [1.29, 1.82) is 0 Å². The number of rotatable bonds is 6. The smallest absolute Gasteiger partial charge is 0.191 e. The molecule has 0 aliphatic rings. The van der Waals surface area contributed by atoms with Gasteiger partial charge in [0.25, 0.3) is 0 Å². The number of hydrogen-bond acceptors (Lipinski definition) is 4. The van der Waals surface area contributed by atoms with Gasteiger partial charge >= 0.3 is 0 Å². The van der Waals surface area contributed by atoms with Gasteiger partial charge in [0.15, 0.2) is 11.0 Å². The predicted molar refractivity (Wildman–Crippen MR) is 109 cm³/mol. The molecule has 8 heteroatoms. The Morgan fingerprint density at radius 1 is 1.08 bits per heavy atom. The first kappa shape index (κ1) is 19.4. The number of methoxy groups -OCH3 is 1. The summed E-state index contributed by atoms with van der Waals surface area (Å²) in [5.41, 5.74) is 1.69. The number of hydrogen-bond donors (Lipinski definition) is 0. The second-order valence-corrected chi connectivity index (χ2v) is 7.58. The predicted octanol–water partition coefficient (Wildman–Crippen LogP) is 6.23. The number of aromatic nitrogens is 3. The normalized spacial score (nSPS) is 11.0. The Bertz CT molecular complexity index is 910. The maximum absolute atomic E-state index is 6.26. The van der Waals surface area contributed by atoms with Crippen molar-refractivity contribution in [2.45, 2.75) is 24.4 Å². The van der Waals surface area contributed by atoms with Gasteiger partial charge in [-0.1, -0.05) is 52.6 Å². The quantitative estimate of drug-likeness (QED) is 0.437. The fraction of sp³-hybridized carbons (Fsp3) is 0.222. The summed E-state index contributed by atoms with van der Waals surface area (Å²) >= 11 is 20.2. The monoisotopic (exact) mass is 427 g/mol. The van der Waals surface area contributed by atoms with E-state index in [0.29, 0.717) is 38.9 Å². The Morgan fingerprint density at radius 3 is 2.46 bits per heavy atom. The average molecular weight is 429 g/mol. The third-order valence-electron chi connectivity index (χ3n) is 3.84. The first-order chi connectivity index (χ1) is 12.5. The molecule has 1 heterocycles. The molecule has 0 spiro atoms. The Balaban J connectivity index is 1.93. The molecule has 4 nitrogen and oxygen atoms in total. The van der Waals surface area contributed by atoms with Crippen LogP contribution < -0.4 is 4.74 Å². The van der Waals surface area contributed by atoms with E-state index >= 15 is 0 Å². The highest BCUT2D eigenvalue weighted by molar-refractivity contribution is 7.98. The summed E-state index contributed by atoms with van der Waals surface area (Å²) in [5, 5.41) is 11.4. The Morgan fingerprint density at radius 2 is 1.81 bits per heavy atom. The van der Waals surface area contributed by atoms with Crippen LogP contribution in [-0.2, 0) is 12.3 Å². The van der Waals surface area contributed by atoms with E-state index in [1.54, 1.807) is 13.2 Å². The molecule has 0 amide bonds. The molecule has 0 bridgehead atoms. The largest absolute Gasteiger partial charge is 0.496 e. The zero-order chi connectivity index (χ0) is 18.7. The van der Waals surface area contributed by atoms with Crippen LogP contribution in [0.2, 0.25) is 15.1 Å². The first-order valence-electron chi connectivity index (χ1n) is 7.88. The van der Waals surface area contributed by atoms with E-state index in [1.165, 1.54) is 11.8 Å². The first-order valence-corrected chi connectivity index (χ1v) is 9.99. The van der Waals surface area contributed by atoms with Gasteiger partial charge in [0.2, 0.25) is 0 Å². The van der Waals surface area contributed by atoms with Crippen molar-refractivity contribution in [2.75, 3.05) is 7.11 Å². The van der Waals surface area contributed by atoms with Crippen molar-refractivity contribution < 1.29 is 4.74 Å². The molecule has 0 fully saturated rings. The van der Waals surface area contributed by atoms with Gasteiger partial charge in [0, 0.05) is 27.4 Å². The zero-order valence-electron chi connectivity index (χ0n) is 14.2. The van der Waals surface area contributed by atoms with Crippen molar-refractivity contribution in [3.63, 3.8) is 0 Å². The molecule has 0 atom stereocenters.